The minimum absolute atomic E-state index is 0.588. The van der Waals surface area contributed by atoms with Crippen molar-refractivity contribution in [2.45, 2.75) is 0 Å². The second-order valence-electron chi connectivity index (χ2n) is 15.2. The molecule has 0 aliphatic carbocycles. The molecule has 0 fully saturated rings. The minimum Gasteiger partial charge on any atom is -0.456 e. The van der Waals surface area contributed by atoms with Gasteiger partial charge in [-0.3, -0.25) is 0 Å². The van der Waals surface area contributed by atoms with E-state index in [1.807, 2.05) is 12.1 Å². The Kier molecular flexibility index (Phi) is 6.82. The fourth-order valence-electron chi connectivity index (χ4n) is 9.04. The topological polar surface area (TPSA) is 56.7 Å². The zero-order valence-corrected chi connectivity index (χ0v) is 32.2. The quantitative estimate of drug-likeness (QED) is 0.179. The van der Waals surface area contributed by atoms with Crippen LogP contribution in [-0.4, -0.2) is 19.5 Å². The number of fused-ring (bicyclic) bond motifs is 11. The number of hydrogen-bond acceptors (Lipinski definition) is 5. The lowest BCUT2D eigenvalue weighted by atomic mass is 10.0. The van der Waals surface area contributed by atoms with E-state index in [2.05, 4.69) is 174 Å². The van der Waals surface area contributed by atoms with Crippen molar-refractivity contribution >= 4 is 96.8 Å². The summed E-state index contributed by atoms with van der Waals surface area (Å²) in [6.07, 6.45) is 0. The summed E-state index contributed by atoms with van der Waals surface area (Å²) in [5, 5.41) is 11.5. The monoisotopic (exact) mass is 770 g/mol. The van der Waals surface area contributed by atoms with Gasteiger partial charge in [0.2, 0.25) is 0 Å². The van der Waals surface area contributed by atoms with Gasteiger partial charge >= 0.3 is 0 Å². The third-order valence-corrected chi connectivity index (χ3v) is 13.0. The van der Waals surface area contributed by atoms with Gasteiger partial charge in [-0.05, 0) is 70.1 Å². The first-order chi connectivity index (χ1) is 29.2. The van der Waals surface area contributed by atoms with Crippen LogP contribution < -0.4 is 0 Å². The summed E-state index contributed by atoms with van der Waals surface area (Å²) in [6, 6.07) is 64.4. The van der Waals surface area contributed by atoms with Gasteiger partial charge < -0.3 is 8.98 Å². The third kappa shape index (κ3) is 4.94. The SMILES string of the molecule is c1ccc2cc(-c3nc(-c4cc5c(cc4-n4c6ccccc6c6cc7ccccc7cc64)oc4ccccc45)nc(-c4cccc5c4sc4ccccc45)n3)ccc2c1. The fourth-order valence-corrected chi connectivity index (χ4v) is 10.2. The molecule has 4 heterocycles. The van der Waals surface area contributed by atoms with Crippen molar-refractivity contribution in [1.29, 1.82) is 0 Å². The molecule has 0 unspecified atom stereocenters. The van der Waals surface area contributed by atoms with E-state index in [0.717, 1.165) is 65.4 Å². The number of hydrogen-bond donors (Lipinski definition) is 0. The molecule has 6 heteroatoms. The predicted octanol–water partition coefficient (Wildman–Crippen LogP) is 14.5. The van der Waals surface area contributed by atoms with Crippen molar-refractivity contribution in [3.8, 4) is 39.9 Å². The van der Waals surface area contributed by atoms with Gasteiger partial charge in [-0.15, -0.1) is 11.3 Å². The lowest BCUT2D eigenvalue weighted by molar-refractivity contribution is 0.668. The van der Waals surface area contributed by atoms with Gasteiger partial charge in [0, 0.05) is 64.5 Å². The number of aromatic nitrogens is 4. The molecule has 0 saturated carbocycles. The molecule has 13 rings (SSSR count). The molecule has 59 heavy (non-hydrogen) atoms. The average molecular weight is 771 g/mol. The first kappa shape index (κ1) is 32.4. The summed E-state index contributed by atoms with van der Waals surface area (Å²) >= 11 is 1.78. The Balaban J connectivity index is 1.16. The van der Waals surface area contributed by atoms with E-state index in [1.54, 1.807) is 11.3 Å². The molecule has 4 aromatic heterocycles. The normalized spacial score (nSPS) is 12.1. The number of nitrogens with zero attached hydrogens (tertiary/aromatic N) is 4. The average Bonchev–Trinajstić information content (AvgIpc) is 3.96. The van der Waals surface area contributed by atoms with Crippen LogP contribution in [-0.2, 0) is 0 Å². The molecule has 274 valence electrons. The summed E-state index contributed by atoms with van der Waals surface area (Å²) in [5.74, 6) is 1.84. The fraction of sp³-hybridized carbons (Fsp3) is 0. The van der Waals surface area contributed by atoms with Crippen molar-refractivity contribution in [3.05, 3.63) is 182 Å². The van der Waals surface area contributed by atoms with Gasteiger partial charge in [-0.2, -0.15) is 0 Å². The molecule has 0 aliphatic rings. The smallest absolute Gasteiger partial charge is 0.166 e. The summed E-state index contributed by atoms with van der Waals surface area (Å²) in [5.41, 5.74) is 7.55. The van der Waals surface area contributed by atoms with E-state index in [9.17, 15) is 0 Å². The molecular weight excluding hydrogens is 741 g/mol. The lowest BCUT2D eigenvalue weighted by Gasteiger charge is -2.15. The molecule has 0 radical (unpaired) electrons. The van der Waals surface area contributed by atoms with Crippen molar-refractivity contribution in [3.63, 3.8) is 0 Å². The molecule has 0 aliphatic heterocycles. The summed E-state index contributed by atoms with van der Waals surface area (Å²) in [4.78, 5) is 16.2. The first-order valence-electron chi connectivity index (χ1n) is 19.8. The number of rotatable bonds is 4. The molecule has 0 amide bonds. The van der Waals surface area contributed by atoms with Crippen LogP contribution in [0.5, 0.6) is 0 Å². The molecule has 0 atom stereocenters. The summed E-state index contributed by atoms with van der Waals surface area (Å²) in [6.45, 7) is 0. The van der Waals surface area contributed by atoms with Crippen LogP contribution in [0, 0.1) is 0 Å². The molecule has 5 nitrogen and oxygen atoms in total. The van der Waals surface area contributed by atoms with Crippen LogP contribution in [0.3, 0.4) is 0 Å². The predicted molar refractivity (Wildman–Crippen MR) is 246 cm³/mol. The van der Waals surface area contributed by atoms with E-state index in [4.69, 9.17) is 19.4 Å². The molecule has 0 saturated heterocycles. The van der Waals surface area contributed by atoms with Crippen LogP contribution in [0.2, 0.25) is 0 Å². The number of thiophene rings is 1. The molecule has 0 N–H and O–H groups in total. The van der Waals surface area contributed by atoms with E-state index < -0.39 is 0 Å². The van der Waals surface area contributed by atoms with Crippen molar-refractivity contribution in [1.82, 2.24) is 19.5 Å². The van der Waals surface area contributed by atoms with Crippen LogP contribution >= 0.6 is 11.3 Å². The number of para-hydroxylation sites is 2. The molecule has 9 aromatic carbocycles. The maximum Gasteiger partial charge on any atom is 0.166 e. The van der Waals surface area contributed by atoms with Gasteiger partial charge in [0.15, 0.2) is 17.5 Å². The van der Waals surface area contributed by atoms with Gasteiger partial charge in [0.05, 0.1) is 16.7 Å². The zero-order valence-electron chi connectivity index (χ0n) is 31.4. The number of benzene rings is 9. The van der Waals surface area contributed by atoms with Gasteiger partial charge in [0.1, 0.15) is 11.2 Å². The Morgan fingerprint density at radius 3 is 1.92 bits per heavy atom. The standard InChI is InChI=1S/C53H30N4OS/c1-2-13-32-26-35(25-24-31(32)12-1)51-54-52(40-20-11-19-39-38-18-7-10-23-49(38)59-50(39)40)56-53(55-51)43-29-42-37-17-6-9-22-47(37)58-48(42)30-46(43)57-44-21-8-5-16-36(44)41-27-33-14-3-4-15-34(33)28-45(41)57/h1-30H. The second-order valence-corrected chi connectivity index (χ2v) is 16.2. The van der Waals surface area contributed by atoms with E-state index in [-0.39, 0.29) is 0 Å². The lowest BCUT2D eigenvalue weighted by Crippen LogP contribution is -2.04. The van der Waals surface area contributed by atoms with Gasteiger partial charge in [-0.1, -0.05) is 127 Å². The largest absolute Gasteiger partial charge is 0.456 e. The highest BCUT2D eigenvalue weighted by Gasteiger charge is 2.23. The van der Waals surface area contributed by atoms with Crippen LogP contribution in [0.4, 0.5) is 0 Å². The van der Waals surface area contributed by atoms with Crippen LogP contribution in [0.25, 0.3) is 125 Å². The van der Waals surface area contributed by atoms with E-state index in [1.165, 1.54) is 42.4 Å². The van der Waals surface area contributed by atoms with Gasteiger partial charge in [0.25, 0.3) is 0 Å². The minimum atomic E-state index is 0.588. The first-order valence-corrected chi connectivity index (χ1v) is 20.6. The molecular formula is C53H30N4OS. The maximum absolute atomic E-state index is 6.62. The highest BCUT2D eigenvalue weighted by atomic mass is 32.1. The molecule has 0 spiro atoms. The Morgan fingerprint density at radius 2 is 1.05 bits per heavy atom. The highest BCUT2D eigenvalue weighted by molar-refractivity contribution is 7.26. The van der Waals surface area contributed by atoms with Crippen molar-refractivity contribution < 1.29 is 4.42 Å². The van der Waals surface area contributed by atoms with Gasteiger partial charge in [-0.25, -0.2) is 15.0 Å². The van der Waals surface area contributed by atoms with Crippen molar-refractivity contribution in [2.75, 3.05) is 0 Å². The highest BCUT2D eigenvalue weighted by Crippen LogP contribution is 2.43. The Morgan fingerprint density at radius 1 is 0.390 bits per heavy atom. The van der Waals surface area contributed by atoms with Crippen LogP contribution in [0.15, 0.2) is 186 Å². The maximum atomic E-state index is 6.62. The van der Waals surface area contributed by atoms with Crippen LogP contribution in [0.1, 0.15) is 0 Å². The van der Waals surface area contributed by atoms with E-state index in [0.29, 0.717) is 17.5 Å². The summed E-state index contributed by atoms with van der Waals surface area (Å²) in [7, 11) is 0. The Hall–Kier alpha value is -7.67. The third-order valence-electron chi connectivity index (χ3n) is 11.8. The van der Waals surface area contributed by atoms with E-state index >= 15 is 0 Å². The number of furan rings is 1. The van der Waals surface area contributed by atoms with Crippen molar-refractivity contribution in [2.24, 2.45) is 0 Å². The Labute approximate surface area is 341 Å². The second kappa shape index (κ2) is 12.4. The molecule has 13 aromatic rings. The summed E-state index contributed by atoms with van der Waals surface area (Å²) < 4.78 is 11.4. The Bertz CT molecular complexity index is 3870. The molecule has 0 bridgehead atoms. The zero-order chi connectivity index (χ0) is 38.6.